The lowest BCUT2D eigenvalue weighted by Crippen LogP contribution is -2.25. The van der Waals surface area contributed by atoms with Crippen molar-refractivity contribution in [2.24, 2.45) is 0 Å². The van der Waals surface area contributed by atoms with Gasteiger partial charge in [-0.1, -0.05) is 42.1 Å². The number of ether oxygens (including phenoxy) is 1. The molecular weight excluding hydrogens is 388 g/mol. The van der Waals surface area contributed by atoms with Crippen molar-refractivity contribution in [1.29, 1.82) is 0 Å². The number of fused-ring (bicyclic) bond motifs is 1. The molecule has 0 atom stereocenters. The second kappa shape index (κ2) is 10.6. The summed E-state index contributed by atoms with van der Waals surface area (Å²) in [5.74, 6) is 0.587. The molecule has 0 aliphatic carbocycles. The molecule has 0 saturated heterocycles. The normalized spacial score (nSPS) is 11.2. The van der Waals surface area contributed by atoms with E-state index < -0.39 is 0 Å². The Morgan fingerprint density at radius 2 is 2.07 bits per heavy atom. The van der Waals surface area contributed by atoms with E-state index in [9.17, 15) is 4.79 Å². The minimum Gasteiger partial charge on any atom is -0.383 e. The van der Waals surface area contributed by atoms with Crippen molar-refractivity contribution in [3.05, 3.63) is 48.2 Å². The Hall–Kier alpha value is -2.91. The van der Waals surface area contributed by atoms with E-state index in [1.54, 1.807) is 24.1 Å². The van der Waals surface area contributed by atoms with Gasteiger partial charge in [-0.15, -0.1) is 0 Å². The molecule has 9 heteroatoms. The van der Waals surface area contributed by atoms with Crippen LogP contribution in [0.5, 0.6) is 0 Å². The number of aromatic nitrogens is 4. The first-order valence-corrected chi connectivity index (χ1v) is 10.4. The summed E-state index contributed by atoms with van der Waals surface area (Å²) in [6.07, 6.45) is 6.99. The monoisotopic (exact) mass is 412 g/mol. The number of benzene rings is 1. The summed E-state index contributed by atoms with van der Waals surface area (Å²) in [6, 6.07) is 9.70. The van der Waals surface area contributed by atoms with E-state index in [1.165, 1.54) is 17.8 Å². The summed E-state index contributed by atoms with van der Waals surface area (Å²) in [5.41, 5.74) is 1.72. The van der Waals surface area contributed by atoms with Gasteiger partial charge in [0.15, 0.2) is 10.8 Å². The molecule has 152 valence electrons. The van der Waals surface area contributed by atoms with Crippen LogP contribution in [0.2, 0.25) is 0 Å². The second-order valence-corrected chi connectivity index (χ2v) is 6.89. The maximum absolute atomic E-state index is 12.0. The third-order valence-corrected chi connectivity index (χ3v) is 4.65. The van der Waals surface area contributed by atoms with Crippen molar-refractivity contribution in [2.75, 3.05) is 38.4 Å². The molecule has 0 fully saturated rings. The van der Waals surface area contributed by atoms with Crippen LogP contribution in [-0.2, 0) is 16.1 Å². The van der Waals surface area contributed by atoms with E-state index >= 15 is 0 Å². The molecule has 1 amide bonds. The van der Waals surface area contributed by atoms with Gasteiger partial charge in [0.25, 0.3) is 0 Å². The SMILES string of the molecule is COCCNc1nc(SC)nc2c1cnn2CCNC(=O)C=Cc1ccccc1. The number of nitrogens with one attached hydrogen (secondary N) is 2. The van der Waals surface area contributed by atoms with Crippen LogP contribution >= 0.6 is 11.8 Å². The Labute approximate surface area is 173 Å². The largest absolute Gasteiger partial charge is 0.383 e. The zero-order chi connectivity index (χ0) is 20.5. The average molecular weight is 413 g/mol. The minimum absolute atomic E-state index is 0.147. The summed E-state index contributed by atoms with van der Waals surface area (Å²) in [7, 11) is 1.66. The molecule has 3 rings (SSSR count). The van der Waals surface area contributed by atoms with Gasteiger partial charge in [-0.2, -0.15) is 5.10 Å². The fourth-order valence-electron chi connectivity index (χ4n) is 2.68. The van der Waals surface area contributed by atoms with Crippen LogP contribution < -0.4 is 10.6 Å². The highest BCUT2D eigenvalue weighted by atomic mass is 32.2. The molecule has 2 aromatic heterocycles. The molecule has 0 unspecified atom stereocenters. The number of carbonyl (C=O) groups excluding carboxylic acids is 1. The van der Waals surface area contributed by atoms with Gasteiger partial charge in [0, 0.05) is 26.3 Å². The maximum Gasteiger partial charge on any atom is 0.244 e. The van der Waals surface area contributed by atoms with Gasteiger partial charge in [0.2, 0.25) is 5.91 Å². The van der Waals surface area contributed by atoms with Crippen molar-refractivity contribution in [2.45, 2.75) is 11.7 Å². The highest BCUT2D eigenvalue weighted by Gasteiger charge is 2.12. The molecule has 2 heterocycles. The van der Waals surface area contributed by atoms with Crippen molar-refractivity contribution in [3.8, 4) is 0 Å². The van der Waals surface area contributed by atoms with E-state index in [4.69, 9.17) is 4.74 Å². The molecule has 0 radical (unpaired) electrons. The highest BCUT2D eigenvalue weighted by Crippen LogP contribution is 2.23. The molecule has 0 spiro atoms. The van der Waals surface area contributed by atoms with E-state index in [1.807, 2.05) is 36.6 Å². The number of carbonyl (C=O) groups is 1. The smallest absolute Gasteiger partial charge is 0.244 e. The number of methoxy groups -OCH3 is 1. The molecule has 8 nitrogen and oxygen atoms in total. The third kappa shape index (κ3) is 5.78. The minimum atomic E-state index is -0.147. The van der Waals surface area contributed by atoms with E-state index in [2.05, 4.69) is 25.7 Å². The number of thioether (sulfide) groups is 1. The number of amides is 1. The fraction of sp³-hybridized carbons (Fsp3) is 0.300. The zero-order valence-electron chi connectivity index (χ0n) is 16.5. The standard InChI is InChI=1S/C20H24N6O2S/c1-28-13-11-22-18-16-14-23-26(19(16)25-20(24-18)29-2)12-10-21-17(27)9-8-15-6-4-3-5-7-15/h3-9,14H,10-13H2,1-2H3,(H,21,27)(H,22,24,25). The van der Waals surface area contributed by atoms with Gasteiger partial charge in [0.05, 0.1) is 24.7 Å². The third-order valence-electron chi connectivity index (χ3n) is 4.11. The molecule has 1 aromatic carbocycles. The van der Waals surface area contributed by atoms with Gasteiger partial charge in [-0.3, -0.25) is 4.79 Å². The number of hydrogen-bond donors (Lipinski definition) is 2. The Morgan fingerprint density at radius 1 is 1.24 bits per heavy atom. The van der Waals surface area contributed by atoms with Crippen LogP contribution in [0.15, 0.2) is 47.8 Å². The topological polar surface area (TPSA) is 94.0 Å². The molecule has 0 bridgehead atoms. The van der Waals surface area contributed by atoms with Gasteiger partial charge in [-0.25, -0.2) is 14.6 Å². The van der Waals surface area contributed by atoms with E-state index in [-0.39, 0.29) is 5.91 Å². The van der Waals surface area contributed by atoms with Crippen molar-refractivity contribution in [1.82, 2.24) is 25.1 Å². The van der Waals surface area contributed by atoms with Crippen LogP contribution in [0.25, 0.3) is 17.1 Å². The van der Waals surface area contributed by atoms with Crippen molar-refractivity contribution in [3.63, 3.8) is 0 Å². The van der Waals surface area contributed by atoms with Gasteiger partial charge >= 0.3 is 0 Å². The number of rotatable bonds is 10. The number of nitrogens with zero attached hydrogens (tertiary/aromatic N) is 4. The molecule has 0 aliphatic heterocycles. The van der Waals surface area contributed by atoms with E-state index in [0.717, 1.165) is 22.4 Å². The van der Waals surface area contributed by atoms with Crippen LogP contribution in [0.4, 0.5) is 5.82 Å². The summed E-state index contributed by atoms with van der Waals surface area (Å²) in [6.45, 7) is 2.18. The van der Waals surface area contributed by atoms with Crippen LogP contribution in [0.1, 0.15) is 5.56 Å². The maximum atomic E-state index is 12.0. The Morgan fingerprint density at radius 3 is 2.83 bits per heavy atom. The molecule has 3 aromatic rings. The van der Waals surface area contributed by atoms with Gasteiger partial charge in [-0.05, 0) is 17.9 Å². The van der Waals surface area contributed by atoms with Crippen LogP contribution in [0.3, 0.4) is 0 Å². The van der Waals surface area contributed by atoms with Gasteiger partial charge in [0.1, 0.15) is 5.82 Å². The summed E-state index contributed by atoms with van der Waals surface area (Å²) in [4.78, 5) is 21.1. The lowest BCUT2D eigenvalue weighted by atomic mass is 10.2. The number of hydrogen-bond acceptors (Lipinski definition) is 7. The molecule has 2 N–H and O–H groups in total. The molecule has 0 saturated carbocycles. The van der Waals surface area contributed by atoms with Crippen LogP contribution in [-0.4, -0.2) is 58.7 Å². The van der Waals surface area contributed by atoms with E-state index in [0.29, 0.717) is 31.4 Å². The Kier molecular flexibility index (Phi) is 7.60. The molecular formula is C20H24N6O2S. The quantitative estimate of drug-likeness (QED) is 0.229. The predicted molar refractivity (Wildman–Crippen MR) is 116 cm³/mol. The lowest BCUT2D eigenvalue weighted by Gasteiger charge is -2.08. The fourth-order valence-corrected chi connectivity index (χ4v) is 3.04. The first-order valence-electron chi connectivity index (χ1n) is 9.22. The average Bonchev–Trinajstić information content (AvgIpc) is 3.16. The first kappa shape index (κ1) is 20.8. The first-order chi connectivity index (χ1) is 14.2. The second-order valence-electron chi connectivity index (χ2n) is 6.12. The van der Waals surface area contributed by atoms with Gasteiger partial charge < -0.3 is 15.4 Å². The Bertz CT molecular complexity index is 974. The molecule has 0 aliphatic rings. The lowest BCUT2D eigenvalue weighted by molar-refractivity contribution is -0.116. The highest BCUT2D eigenvalue weighted by molar-refractivity contribution is 7.98. The molecule has 29 heavy (non-hydrogen) atoms. The zero-order valence-corrected chi connectivity index (χ0v) is 17.3. The summed E-state index contributed by atoms with van der Waals surface area (Å²) < 4.78 is 6.86. The predicted octanol–water partition coefficient (Wildman–Crippen LogP) is 2.44. The number of anilines is 1. The van der Waals surface area contributed by atoms with Crippen molar-refractivity contribution >= 4 is 40.6 Å². The van der Waals surface area contributed by atoms with Crippen LogP contribution in [0, 0.1) is 0 Å². The summed E-state index contributed by atoms with van der Waals surface area (Å²) >= 11 is 1.47. The summed E-state index contributed by atoms with van der Waals surface area (Å²) in [5, 5.41) is 12.1. The van der Waals surface area contributed by atoms with Crippen molar-refractivity contribution < 1.29 is 9.53 Å². The Balaban J connectivity index is 1.63.